The molecular weight excluding hydrogens is 226 g/mol. The zero-order valence-corrected chi connectivity index (χ0v) is 10.2. The molecule has 1 saturated heterocycles. The second kappa shape index (κ2) is 4.01. The van der Waals surface area contributed by atoms with Gasteiger partial charge < -0.3 is 4.90 Å². The second-order valence-electron chi connectivity index (χ2n) is 4.18. The summed E-state index contributed by atoms with van der Waals surface area (Å²) < 4.78 is 22.9. The van der Waals surface area contributed by atoms with E-state index in [2.05, 4.69) is 9.97 Å². The molecule has 1 aromatic rings. The van der Waals surface area contributed by atoms with E-state index < -0.39 is 9.84 Å². The topological polar surface area (TPSA) is 63.2 Å². The van der Waals surface area contributed by atoms with Crippen molar-refractivity contribution in [1.29, 1.82) is 0 Å². The Morgan fingerprint density at radius 3 is 2.81 bits per heavy atom. The zero-order valence-electron chi connectivity index (χ0n) is 9.42. The van der Waals surface area contributed by atoms with Crippen LogP contribution < -0.4 is 4.90 Å². The molecular formula is C10H15N3O2S. The van der Waals surface area contributed by atoms with Gasteiger partial charge in [-0.3, -0.25) is 4.98 Å². The highest BCUT2D eigenvalue weighted by Crippen LogP contribution is 2.18. The van der Waals surface area contributed by atoms with Crippen LogP contribution in [0.4, 0.5) is 5.82 Å². The molecule has 0 saturated carbocycles. The van der Waals surface area contributed by atoms with Crippen LogP contribution in [-0.2, 0) is 9.84 Å². The number of hydrogen-bond acceptors (Lipinski definition) is 5. The fourth-order valence-electron chi connectivity index (χ4n) is 1.93. The van der Waals surface area contributed by atoms with Gasteiger partial charge in [-0.1, -0.05) is 0 Å². The van der Waals surface area contributed by atoms with Gasteiger partial charge in [-0.05, 0) is 13.8 Å². The van der Waals surface area contributed by atoms with Crippen molar-refractivity contribution in [1.82, 2.24) is 9.97 Å². The minimum absolute atomic E-state index is 0.0325. The molecule has 0 aromatic carbocycles. The molecule has 1 aliphatic heterocycles. The molecule has 1 aliphatic rings. The first-order valence-corrected chi connectivity index (χ1v) is 7.06. The van der Waals surface area contributed by atoms with E-state index in [-0.39, 0.29) is 17.5 Å². The maximum atomic E-state index is 11.4. The second-order valence-corrected chi connectivity index (χ2v) is 6.40. The van der Waals surface area contributed by atoms with Crippen LogP contribution in [0.1, 0.15) is 12.6 Å². The van der Waals surface area contributed by atoms with Crippen LogP contribution in [-0.4, -0.2) is 42.5 Å². The first kappa shape index (κ1) is 11.3. The van der Waals surface area contributed by atoms with Gasteiger partial charge in [-0.15, -0.1) is 0 Å². The van der Waals surface area contributed by atoms with E-state index in [1.807, 2.05) is 18.7 Å². The highest BCUT2D eigenvalue weighted by atomic mass is 32.2. The third-order valence-electron chi connectivity index (χ3n) is 2.71. The number of sulfone groups is 1. The number of rotatable bonds is 1. The minimum Gasteiger partial charge on any atom is -0.351 e. The fraction of sp³-hybridized carbons (Fsp3) is 0.600. The monoisotopic (exact) mass is 241 g/mol. The Bertz CT molecular complexity index is 487. The Hall–Kier alpha value is -1.17. The van der Waals surface area contributed by atoms with Crippen molar-refractivity contribution in [3.63, 3.8) is 0 Å². The molecule has 0 aliphatic carbocycles. The number of anilines is 1. The van der Waals surface area contributed by atoms with Gasteiger partial charge in [0.2, 0.25) is 0 Å². The molecule has 0 bridgehead atoms. The predicted molar refractivity (Wildman–Crippen MR) is 62.2 cm³/mol. The molecule has 5 nitrogen and oxygen atoms in total. The van der Waals surface area contributed by atoms with Crippen LogP contribution in [0.15, 0.2) is 12.4 Å². The Kier molecular flexibility index (Phi) is 2.84. The summed E-state index contributed by atoms with van der Waals surface area (Å²) in [5.41, 5.74) is 0.845. The van der Waals surface area contributed by atoms with Crippen LogP contribution in [0.5, 0.6) is 0 Å². The standard InChI is InChI=1S/C10H15N3O2S/c1-8-5-11-6-10(12-8)13-3-4-16(14,15)7-9(13)2/h5-6,9H,3-4,7H2,1-2H3. The van der Waals surface area contributed by atoms with E-state index in [0.717, 1.165) is 11.5 Å². The lowest BCUT2D eigenvalue weighted by Crippen LogP contribution is -2.47. The van der Waals surface area contributed by atoms with E-state index in [9.17, 15) is 8.42 Å². The lowest BCUT2D eigenvalue weighted by molar-refractivity contribution is 0.566. The molecule has 1 fully saturated rings. The summed E-state index contributed by atoms with van der Waals surface area (Å²) >= 11 is 0. The molecule has 1 aromatic heterocycles. The zero-order chi connectivity index (χ0) is 11.8. The van der Waals surface area contributed by atoms with Crippen molar-refractivity contribution in [2.45, 2.75) is 19.9 Å². The van der Waals surface area contributed by atoms with Gasteiger partial charge >= 0.3 is 0 Å². The molecule has 2 heterocycles. The third kappa shape index (κ3) is 2.32. The summed E-state index contributed by atoms with van der Waals surface area (Å²) in [5.74, 6) is 1.16. The van der Waals surface area contributed by atoms with Gasteiger partial charge in [0, 0.05) is 18.8 Å². The number of aryl methyl sites for hydroxylation is 1. The summed E-state index contributed by atoms with van der Waals surface area (Å²) in [4.78, 5) is 10.4. The Morgan fingerprint density at radius 2 is 2.19 bits per heavy atom. The summed E-state index contributed by atoms with van der Waals surface area (Å²) in [6, 6.07) is -0.0325. The van der Waals surface area contributed by atoms with Crippen LogP contribution in [0.2, 0.25) is 0 Å². The summed E-state index contributed by atoms with van der Waals surface area (Å²) in [6.45, 7) is 4.28. The third-order valence-corrected chi connectivity index (χ3v) is 4.50. The van der Waals surface area contributed by atoms with Crippen molar-refractivity contribution in [3.8, 4) is 0 Å². The molecule has 0 N–H and O–H groups in total. The number of nitrogens with zero attached hydrogens (tertiary/aromatic N) is 3. The Labute approximate surface area is 95.4 Å². The Balaban J connectivity index is 2.24. The summed E-state index contributed by atoms with van der Waals surface area (Å²) in [5, 5.41) is 0. The maximum Gasteiger partial charge on any atom is 0.154 e. The normalized spacial score (nSPS) is 24.4. The first-order chi connectivity index (χ1) is 7.48. The van der Waals surface area contributed by atoms with E-state index in [4.69, 9.17) is 0 Å². The SMILES string of the molecule is Cc1cncc(N2CCS(=O)(=O)CC2C)n1. The molecule has 6 heteroatoms. The molecule has 2 rings (SSSR count). The predicted octanol–water partition coefficient (Wildman–Crippen LogP) is 0.408. The molecule has 16 heavy (non-hydrogen) atoms. The molecule has 1 atom stereocenters. The van der Waals surface area contributed by atoms with Gasteiger partial charge in [0.15, 0.2) is 9.84 Å². The largest absolute Gasteiger partial charge is 0.351 e. The van der Waals surface area contributed by atoms with E-state index in [1.165, 1.54) is 0 Å². The molecule has 0 radical (unpaired) electrons. The maximum absolute atomic E-state index is 11.4. The average Bonchev–Trinajstić information content (AvgIpc) is 2.15. The van der Waals surface area contributed by atoms with Gasteiger partial charge in [0.05, 0.1) is 23.4 Å². The van der Waals surface area contributed by atoms with E-state index in [1.54, 1.807) is 12.4 Å². The van der Waals surface area contributed by atoms with Crippen LogP contribution >= 0.6 is 0 Å². The van der Waals surface area contributed by atoms with Crippen molar-refractivity contribution in [2.75, 3.05) is 23.0 Å². The molecule has 1 unspecified atom stereocenters. The van der Waals surface area contributed by atoms with Crippen LogP contribution in [0.25, 0.3) is 0 Å². The van der Waals surface area contributed by atoms with E-state index in [0.29, 0.717) is 6.54 Å². The van der Waals surface area contributed by atoms with Gasteiger partial charge in [-0.25, -0.2) is 13.4 Å². The van der Waals surface area contributed by atoms with Crippen molar-refractivity contribution < 1.29 is 8.42 Å². The highest BCUT2D eigenvalue weighted by Gasteiger charge is 2.28. The first-order valence-electron chi connectivity index (χ1n) is 5.24. The van der Waals surface area contributed by atoms with Crippen molar-refractivity contribution in [2.24, 2.45) is 0 Å². The molecule has 0 spiro atoms. The average molecular weight is 241 g/mol. The quantitative estimate of drug-likeness (QED) is 0.712. The van der Waals surface area contributed by atoms with Gasteiger partial charge in [0.1, 0.15) is 5.82 Å². The van der Waals surface area contributed by atoms with Crippen LogP contribution in [0.3, 0.4) is 0 Å². The number of aromatic nitrogens is 2. The molecule has 88 valence electrons. The lowest BCUT2D eigenvalue weighted by atomic mass is 10.3. The number of hydrogen-bond donors (Lipinski definition) is 0. The Morgan fingerprint density at radius 1 is 1.44 bits per heavy atom. The van der Waals surface area contributed by atoms with Crippen molar-refractivity contribution in [3.05, 3.63) is 18.1 Å². The van der Waals surface area contributed by atoms with Crippen molar-refractivity contribution >= 4 is 15.7 Å². The minimum atomic E-state index is -2.87. The van der Waals surface area contributed by atoms with Gasteiger partial charge in [-0.2, -0.15) is 0 Å². The fourth-order valence-corrected chi connectivity index (χ4v) is 3.48. The molecule has 0 amide bonds. The smallest absolute Gasteiger partial charge is 0.154 e. The summed E-state index contributed by atoms with van der Waals surface area (Å²) in [7, 11) is -2.87. The lowest BCUT2D eigenvalue weighted by Gasteiger charge is -2.33. The van der Waals surface area contributed by atoms with Gasteiger partial charge in [0.25, 0.3) is 0 Å². The highest BCUT2D eigenvalue weighted by molar-refractivity contribution is 7.91. The van der Waals surface area contributed by atoms with Crippen LogP contribution in [0, 0.1) is 6.92 Å². The summed E-state index contributed by atoms with van der Waals surface area (Å²) in [6.07, 6.45) is 3.37. The van der Waals surface area contributed by atoms with E-state index >= 15 is 0 Å².